The molecule has 15 nitrogen and oxygen atoms in total. The summed E-state index contributed by atoms with van der Waals surface area (Å²) in [6.45, 7) is 11.7. The van der Waals surface area contributed by atoms with Crippen molar-refractivity contribution in [2.24, 2.45) is 0 Å². The van der Waals surface area contributed by atoms with Gasteiger partial charge in [-0.25, -0.2) is 24.1 Å². The number of aliphatic hydroxyl groups is 1. The smallest absolute Gasteiger partial charge is 0.339 e. The van der Waals surface area contributed by atoms with Gasteiger partial charge in [-0.3, -0.25) is 9.18 Å². The van der Waals surface area contributed by atoms with Crippen LogP contribution < -0.4 is 10.6 Å². The number of rotatable bonds is 10. The molecule has 2 aromatic carbocycles. The van der Waals surface area contributed by atoms with E-state index < -0.39 is 13.1 Å². The summed E-state index contributed by atoms with van der Waals surface area (Å²) < 4.78 is 18.5. The Kier molecular flexibility index (Phi) is 13.1. The lowest BCUT2D eigenvalue weighted by atomic mass is 10.1. The highest BCUT2D eigenvalue weighted by Gasteiger charge is 2.18. The Balaban J connectivity index is 0.000000231. The van der Waals surface area contributed by atoms with Gasteiger partial charge >= 0.3 is 5.97 Å². The summed E-state index contributed by atoms with van der Waals surface area (Å²) in [5.74, 6) is 0.701. The Morgan fingerprint density at radius 2 is 1.17 bits per heavy atom. The van der Waals surface area contributed by atoms with Crippen molar-refractivity contribution in [3.63, 3.8) is 0 Å². The first kappa shape index (κ1) is 38.7. The zero-order chi connectivity index (χ0) is 40.2. The number of hydrogen-bond acceptors (Lipinski definition) is 11. The molecule has 4 N–H and O–H groups in total. The minimum absolute atomic E-state index is 0.0885. The largest absolute Gasteiger partial charge is 0.478 e. The molecule has 54 heavy (non-hydrogen) atoms. The van der Waals surface area contributed by atoms with Gasteiger partial charge in [0.05, 0.1) is 32.1 Å². The lowest BCUT2D eigenvalue weighted by Crippen LogP contribution is -2.29. The van der Waals surface area contributed by atoms with Gasteiger partial charge in [-0.1, -0.05) is 12.1 Å². The molecule has 282 valence electrons. The van der Waals surface area contributed by atoms with Gasteiger partial charge in [-0.2, -0.15) is 20.2 Å². The third-order valence-electron chi connectivity index (χ3n) is 7.75. The second kappa shape index (κ2) is 18.3. The number of hydrogen-bond donors (Lipinski definition) is 4. The number of amides is 1. The van der Waals surface area contributed by atoms with Gasteiger partial charge in [0, 0.05) is 61.9 Å². The number of nitrogens with one attached hydrogen (secondary N) is 2. The third kappa shape index (κ3) is 10.5. The van der Waals surface area contributed by atoms with Crippen molar-refractivity contribution in [2.45, 2.75) is 41.5 Å². The first-order valence-corrected chi connectivity index (χ1v) is 16.7. The summed E-state index contributed by atoms with van der Waals surface area (Å²) >= 11 is 0. The molecule has 6 aromatic rings. The molecule has 6 rings (SSSR count). The van der Waals surface area contributed by atoms with Gasteiger partial charge in [-0.15, -0.1) is 0 Å². The van der Waals surface area contributed by atoms with Crippen LogP contribution in [0.15, 0.2) is 73.3 Å². The van der Waals surface area contributed by atoms with E-state index in [0.29, 0.717) is 40.5 Å². The zero-order valence-electron chi connectivity index (χ0n) is 32.2. The van der Waals surface area contributed by atoms with Crippen LogP contribution in [0.25, 0.3) is 11.6 Å². The summed E-state index contributed by atoms with van der Waals surface area (Å²) in [6.07, 6.45) is 6.34. The highest BCUT2D eigenvalue weighted by molar-refractivity contribution is 5.95. The average molecular weight is 739 g/mol. The number of carbonyl (C=O) groups excluding carboxylic acids is 1. The number of anilines is 4. The maximum absolute atomic E-state index is 12.5. The number of alkyl halides is 1. The van der Waals surface area contributed by atoms with Crippen molar-refractivity contribution in [3.05, 3.63) is 118 Å². The van der Waals surface area contributed by atoms with E-state index in [-0.39, 0.29) is 24.6 Å². The lowest BCUT2D eigenvalue weighted by Gasteiger charge is -2.14. The molecule has 0 aliphatic heterocycles. The molecular weight excluding hydrogens is 693 g/mol. The van der Waals surface area contributed by atoms with E-state index in [0.717, 1.165) is 33.6 Å². The fourth-order valence-electron chi connectivity index (χ4n) is 5.46. The summed E-state index contributed by atoms with van der Waals surface area (Å²) in [5, 5.41) is 33.1. The van der Waals surface area contributed by atoms with Crippen molar-refractivity contribution < 1.29 is 25.6 Å². The zero-order valence-corrected chi connectivity index (χ0v) is 31.2. The minimum Gasteiger partial charge on any atom is -0.478 e. The quantitative estimate of drug-likeness (QED) is 0.128. The monoisotopic (exact) mass is 738 g/mol. The van der Waals surface area contributed by atoms with E-state index in [9.17, 15) is 14.0 Å². The summed E-state index contributed by atoms with van der Waals surface area (Å²) in [4.78, 5) is 42.5. The van der Waals surface area contributed by atoms with Crippen LogP contribution >= 0.6 is 0 Å². The van der Waals surface area contributed by atoms with Crippen LogP contribution in [0.5, 0.6) is 0 Å². The summed E-state index contributed by atoms with van der Waals surface area (Å²) in [7, 11) is 0.645. The maximum Gasteiger partial charge on any atom is 0.339 e. The Morgan fingerprint density at radius 3 is 1.56 bits per heavy atom. The second-order valence-electron chi connectivity index (χ2n) is 12.4. The number of aliphatic hydroxyl groups excluding tert-OH is 1. The number of carbonyl (C=O) groups is 2. The molecular formula is C38H44FN11O4. The topological polar surface area (TPSA) is 189 Å². The molecule has 16 heteroatoms. The fraction of sp³-hybridized carbons (Fsp3) is 0.263. The molecule has 0 saturated heterocycles. The van der Waals surface area contributed by atoms with Gasteiger partial charge in [-0.05, 0) is 88.1 Å². The van der Waals surface area contributed by atoms with E-state index in [2.05, 4.69) is 52.9 Å². The van der Waals surface area contributed by atoms with E-state index in [1.165, 1.54) is 15.8 Å². The van der Waals surface area contributed by atoms with E-state index in [4.69, 9.17) is 11.6 Å². The highest BCUT2D eigenvalue weighted by Crippen LogP contribution is 2.20. The first-order valence-electron chi connectivity index (χ1n) is 17.4. The molecule has 0 atom stereocenters. The molecule has 0 bridgehead atoms. The van der Waals surface area contributed by atoms with Gasteiger partial charge in [0.2, 0.25) is 11.9 Å². The van der Waals surface area contributed by atoms with Gasteiger partial charge in [0.15, 0.2) is 11.6 Å². The van der Waals surface area contributed by atoms with Crippen molar-refractivity contribution in [1.82, 2.24) is 44.4 Å². The lowest BCUT2D eigenvalue weighted by molar-refractivity contribution is 0.0695. The highest BCUT2D eigenvalue weighted by atomic mass is 19.1. The van der Waals surface area contributed by atoms with Crippen molar-refractivity contribution in [1.29, 1.82) is 0 Å². The number of carboxylic acids is 1. The summed E-state index contributed by atoms with van der Waals surface area (Å²) in [6, 6.07) is 15.6. The first-order chi connectivity index (χ1) is 26.2. The molecule has 0 fully saturated rings. The molecule has 0 saturated carbocycles. The van der Waals surface area contributed by atoms with Crippen LogP contribution in [0, 0.1) is 41.5 Å². The standard InChI is InChI=1S/C20H24N6O2.C17H17N5O2.CH3F/c1-13-9-14(2)11-16(10-13)22-20-21-6-5-18(23-20)26-12-17(15(3)24-26)19(28)25(4)7-8-27;1-10-6-11(2)8-13(7-10)19-17-18-5-4-15(20-17)22-9-14(16(23)24)12(3)21-22;1-2/h5-6,9-12,27H,7-8H2,1-4H3,(H,21,22,23);4-9H,1-3H3,(H,23,24)(H,18,19,20);1H3/i;;1D. The minimum atomic E-state index is -1.01. The number of aromatic nitrogens is 8. The number of aromatic carboxylic acids is 1. The number of carboxylic acid groups (broad SMARTS) is 1. The Labute approximate surface area is 314 Å². The predicted octanol–water partition coefficient (Wildman–Crippen LogP) is 6.01. The molecule has 0 radical (unpaired) electrons. The molecule has 4 aromatic heterocycles. The number of likely N-dealkylation sites (N-methyl/N-ethyl adjacent to an activating group) is 1. The van der Waals surface area contributed by atoms with Crippen molar-refractivity contribution >= 4 is 35.1 Å². The Hall–Kier alpha value is -6.55. The predicted molar refractivity (Wildman–Crippen MR) is 204 cm³/mol. The molecule has 0 aliphatic rings. The van der Waals surface area contributed by atoms with Gasteiger partial charge in [0.25, 0.3) is 5.91 Å². The van der Waals surface area contributed by atoms with Crippen LogP contribution in [-0.4, -0.2) is 93.8 Å². The van der Waals surface area contributed by atoms with Crippen molar-refractivity contribution in [2.75, 3.05) is 38.0 Å². The van der Waals surface area contributed by atoms with E-state index in [1.807, 2.05) is 52.0 Å². The van der Waals surface area contributed by atoms with Crippen LogP contribution in [-0.2, 0) is 0 Å². The molecule has 0 spiro atoms. The number of benzene rings is 2. The van der Waals surface area contributed by atoms with E-state index >= 15 is 0 Å². The fourth-order valence-corrected chi connectivity index (χ4v) is 5.46. The number of halogens is 1. The molecule has 0 unspecified atom stereocenters. The molecule has 4 heterocycles. The third-order valence-corrected chi connectivity index (χ3v) is 7.75. The normalized spacial score (nSPS) is 10.6. The van der Waals surface area contributed by atoms with Crippen LogP contribution in [0.1, 0.15) is 55.7 Å². The molecule has 0 aliphatic carbocycles. The summed E-state index contributed by atoms with van der Waals surface area (Å²) in [5.41, 5.74) is 8.04. The SMILES string of the molecule is Cc1cc(C)cc(Nc2nccc(-n3cc(C(=O)N(C)CCO)c(C)n3)n2)c1.Cc1cc(C)cc(Nc2nccc(-n3cc(C(=O)O)c(C)n3)n2)c1.[2H]CF. The van der Waals surface area contributed by atoms with Gasteiger partial charge < -0.3 is 25.7 Å². The van der Waals surface area contributed by atoms with Crippen molar-refractivity contribution in [3.8, 4) is 11.6 Å². The number of nitrogens with zero attached hydrogens (tertiary/aromatic N) is 9. The second-order valence-corrected chi connectivity index (χ2v) is 12.4. The Morgan fingerprint density at radius 1 is 0.759 bits per heavy atom. The van der Waals surface area contributed by atoms with Crippen LogP contribution in [0.2, 0.25) is 0 Å². The van der Waals surface area contributed by atoms with E-state index in [1.54, 1.807) is 56.3 Å². The number of aryl methyl sites for hydroxylation is 6. The van der Waals surface area contributed by atoms with Crippen LogP contribution in [0.3, 0.4) is 0 Å². The average Bonchev–Trinajstić information content (AvgIpc) is 3.71. The van der Waals surface area contributed by atoms with Gasteiger partial charge in [0.1, 0.15) is 5.56 Å². The Bertz CT molecular complexity index is 2220. The molecule has 1 amide bonds. The maximum atomic E-state index is 12.5. The van der Waals surface area contributed by atoms with Crippen LogP contribution in [0.4, 0.5) is 27.7 Å².